The molecule has 0 saturated carbocycles. The van der Waals surface area contributed by atoms with Crippen LogP contribution in [0.1, 0.15) is 25.5 Å². The van der Waals surface area contributed by atoms with E-state index in [1.807, 2.05) is 0 Å². The van der Waals surface area contributed by atoms with Gasteiger partial charge in [0.1, 0.15) is 0 Å². The van der Waals surface area contributed by atoms with Crippen molar-refractivity contribution < 1.29 is 14.9 Å². The zero-order chi connectivity index (χ0) is 12.4. The molecular formula is C13H19NO3. The van der Waals surface area contributed by atoms with Crippen LogP contribution < -0.4 is 0 Å². The van der Waals surface area contributed by atoms with E-state index in [4.69, 9.17) is 4.74 Å². The number of nitrogens with zero attached hydrogens (tertiary/aromatic N) is 1. The maximum atomic E-state index is 9.49. The second-order valence-corrected chi connectivity index (χ2v) is 4.70. The van der Waals surface area contributed by atoms with Gasteiger partial charge in [-0.25, -0.2) is 0 Å². The zero-order valence-corrected chi connectivity index (χ0v) is 10.3. The van der Waals surface area contributed by atoms with E-state index in [0.29, 0.717) is 12.6 Å². The van der Waals surface area contributed by atoms with Gasteiger partial charge in [0.15, 0.2) is 11.5 Å². The van der Waals surface area contributed by atoms with Gasteiger partial charge in [-0.05, 0) is 31.5 Å². The van der Waals surface area contributed by atoms with Gasteiger partial charge in [-0.2, -0.15) is 0 Å². The molecule has 4 heteroatoms. The summed E-state index contributed by atoms with van der Waals surface area (Å²) in [6.45, 7) is 6.79. The highest BCUT2D eigenvalue weighted by Crippen LogP contribution is 2.30. The maximum Gasteiger partial charge on any atom is 0.157 e. The monoisotopic (exact) mass is 237 g/mol. The lowest BCUT2D eigenvalue weighted by Crippen LogP contribution is -2.42. The molecule has 1 saturated heterocycles. The van der Waals surface area contributed by atoms with E-state index in [1.165, 1.54) is 6.07 Å². The number of phenols is 2. The van der Waals surface area contributed by atoms with Gasteiger partial charge in [-0.1, -0.05) is 6.07 Å². The van der Waals surface area contributed by atoms with E-state index in [9.17, 15) is 10.2 Å². The van der Waals surface area contributed by atoms with Gasteiger partial charge < -0.3 is 14.9 Å². The Balaban J connectivity index is 2.13. The van der Waals surface area contributed by atoms with Crippen LogP contribution in [0.25, 0.3) is 0 Å². The van der Waals surface area contributed by atoms with Crippen LogP contribution in [-0.4, -0.2) is 40.9 Å². The van der Waals surface area contributed by atoms with Crippen LogP contribution in [0.3, 0.4) is 0 Å². The normalized spacial score (nSPS) is 21.9. The fourth-order valence-electron chi connectivity index (χ4n) is 2.08. The second kappa shape index (κ2) is 4.94. The molecule has 0 unspecified atom stereocenters. The molecule has 1 aliphatic rings. The van der Waals surface area contributed by atoms with E-state index < -0.39 is 0 Å². The molecule has 1 heterocycles. The summed E-state index contributed by atoms with van der Waals surface area (Å²) in [6, 6.07) is 5.36. The number of hydrogen-bond acceptors (Lipinski definition) is 4. The average Bonchev–Trinajstić information content (AvgIpc) is 2.33. The van der Waals surface area contributed by atoms with Gasteiger partial charge in [0, 0.05) is 19.1 Å². The van der Waals surface area contributed by atoms with E-state index in [-0.39, 0.29) is 17.6 Å². The fourth-order valence-corrected chi connectivity index (χ4v) is 2.08. The molecule has 4 nitrogen and oxygen atoms in total. The molecule has 17 heavy (non-hydrogen) atoms. The van der Waals surface area contributed by atoms with E-state index in [1.54, 1.807) is 12.1 Å². The van der Waals surface area contributed by atoms with Crippen molar-refractivity contribution in [2.75, 3.05) is 19.7 Å². The Labute approximate surface area is 101 Å². The summed E-state index contributed by atoms with van der Waals surface area (Å²) in [5.41, 5.74) is 0.908. The molecule has 0 aliphatic carbocycles. The zero-order valence-electron chi connectivity index (χ0n) is 10.3. The van der Waals surface area contributed by atoms with Crippen LogP contribution in [0, 0.1) is 0 Å². The minimum absolute atomic E-state index is 0.0300. The first-order valence-electron chi connectivity index (χ1n) is 5.95. The third-order valence-electron chi connectivity index (χ3n) is 3.20. The molecule has 2 rings (SSSR count). The predicted octanol–water partition coefficient (Wildman–Crippen LogP) is 1.88. The van der Waals surface area contributed by atoms with E-state index in [0.717, 1.165) is 18.7 Å². The van der Waals surface area contributed by atoms with E-state index >= 15 is 0 Å². The van der Waals surface area contributed by atoms with Crippen molar-refractivity contribution >= 4 is 0 Å². The molecule has 2 N–H and O–H groups in total. The van der Waals surface area contributed by atoms with Crippen molar-refractivity contribution in [3.8, 4) is 11.5 Å². The largest absolute Gasteiger partial charge is 0.504 e. The van der Waals surface area contributed by atoms with E-state index in [2.05, 4.69) is 18.7 Å². The molecular weight excluding hydrogens is 218 g/mol. The number of hydrogen-bond donors (Lipinski definition) is 2. The number of phenolic OH excluding ortho intramolecular Hbond substituents is 2. The molecule has 94 valence electrons. The molecule has 0 aromatic heterocycles. The molecule has 0 radical (unpaired) electrons. The summed E-state index contributed by atoms with van der Waals surface area (Å²) >= 11 is 0. The second-order valence-electron chi connectivity index (χ2n) is 4.70. The number of aromatic hydroxyl groups is 2. The van der Waals surface area contributed by atoms with Gasteiger partial charge in [0.2, 0.25) is 0 Å². The summed E-state index contributed by atoms with van der Waals surface area (Å²) in [7, 11) is 0. The summed E-state index contributed by atoms with van der Waals surface area (Å²) in [5, 5.41) is 18.8. The maximum absolute atomic E-state index is 9.49. The van der Waals surface area contributed by atoms with Crippen LogP contribution in [0.2, 0.25) is 0 Å². The van der Waals surface area contributed by atoms with Gasteiger partial charge in [0.05, 0.1) is 12.7 Å². The highest BCUT2D eigenvalue weighted by atomic mass is 16.5. The molecule has 1 aliphatic heterocycles. The average molecular weight is 237 g/mol. The Morgan fingerprint density at radius 2 is 2.06 bits per heavy atom. The number of morpholine rings is 1. The first kappa shape index (κ1) is 12.2. The molecule has 1 aromatic carbocycles. The number of benzene rings is 1. The lowest BCUT2D eigenvalue weighted by molar-refractivity contribution is -0.0402. The van der Waals surface area contributed by atoms with Crippen LogP contribution in [0.5, 0.6) is 11.5 Å². The van der Waals surface area contributed by atoms with Crippen molar-refractivity contribution in [2.24, 2.45) is 0 Å². The van der Waals surface area contributed by atoms with Crippen molar-refractivity contribution in [1.82, 2.24) is 4.90 Å². The topological polar surface area (TPSA) is 52.9 Å². The molecule has 1 fully saturated rings. The minimum Gasteiger partial charge on any atom is -0.504 e. The van der Waals surface area contributed by atoms with Gasteiger partial charge in [0.25, 0.3) is 0 Å². The quantitative estimate of drug-likeness (QED) is 0.771. The van der Waals surface area contributed by atoms with Crippen molar-refractivity contribution in [3.05, 3.63) is 23.8 Å². The van der Waals surface area contributed by atoms with Gasteiger partial charge >= 0.3 is 0 Å². The van der Waals surface area contributed by atoms with Gasteiger partial charge in [-0.3, -0.25) is 4.90 Å². The summed E-state index contributed by atoms with van der Waals surface area (Å²) in [6.07, 6.45) is -0.0300. The van der Waals surface area contributed by atoms with Gasteiger partial charge in [-0.15, -0.1) is 0 Å². The Kier molecular flexibility index (Phi) is 3.54. The van der Waals surface area contributed by atoms with Crippen LogP contribution in [-0.2, 0) is 4.74 Å². The standard InChI is InChI=1S/C13H19NO3/c1-9(2)14-5-6-17-13(8-14)10-3-4-11(15)12(16)7-10/h3-4,7,9,13,15-16H,5-6,8H2,1-2H3/t13-/m1/s1. The number of rotatable bonds is 2. The van der Waals surface area contributed by atoms with Crippen molar-refractivity contribution in [1.29, 1.82) is 0 Å². The lowest BCUT2D eigenvalue weighted by Gasteiger charge is -2.35. The Hall–Kier alpha value is -1.26. The third kappa shape index (κ3) is 2.70. The predicted molar refractivity (Wildman–Crippen MR) is 65.2 cm³/mol. The van der Waals surface area contributed by atoms with Crippen molar-refractivity contribution in [3.63, 3.8) is 0 Å². The fraction of sp³-hybridized carbons (Fsp3) is 0.538. The highest BCUT2D eigenvalue weighted by Gasteiger charge is 2.23. The Bertz CT molecular complexity index is 392. The van der Waals surface area contributed by atoms with Crippen LogP contribution in [0.4, 0.5) is 0 Å². The van der Waals surface area contributed by atoms with Crippen molar-refractivity contribution in [2.45, 2.75) is 26.0 Å². The summed E-state index contributed by atoms with van der Waals surface area (Å²) < 4.78 is 5.70. The minimum atomic E-state index is -0.0923. The number of ether oxygens (including phenoxy) is 1. The Morgan fingerprint density at radius 1 is 1.29 bits per heavy atom. The first-order valence-corrected chi connectivity index (χ1v) is 5.95. The highest BCUT2D eigenvalue weighted by molar-refractivity contribution is 5.41. The lowest BCUT2D eigenvalue weighted by atomic mass is 10.1. The third-order valence-corrected chi connectivity index (χ3v) is 3.20. The van der Waals surface area contributed by atoms with Crippen LogP contribution >= 0.6 is 0 Å². The smallest absolute Gasteiger partial charge is 0.157 e. The van der Waals surface area contributed by atoms with Crippen LogP contribution in [0.15, 0.2) is 18.2 Å². The summed E-state index contributed by atoms with van der Waals surface area (Å²) in [4.78, 5) is 2.35. The molecule has 0 bridgehead atoms. The SMILES string of the molecule is CC(C)N1CCO[C@@H](c2ccc(O)c(O)c2)C1. The molecule has 1 aromatic rings. The molecule has 0 spiro atoms. The Morgan fingerprint density at radius 3 is 2.71 bits per heavy atom. The molecule has 1 atom stereocenters. The first-order chi connectivity index (χ1) is 8.08. The molecule has 0 amide bonds. The summed E-state index contributed by atoms with van der Waals surface area (Å²) in [5.74, 6) is -0.182.